The van der Waals surface area contributed by atoms with Crippen molar-refractivity contribution in [1.82, 2.24) is 5.32 Å². The Morgan fingerprint density at radius 2 is 1.83 bits per heavy atom. The molecule has 0 aliphatic carbocycles. The van der Waals surface area contributed by atoms with Gasteiger partial charge < -0.3 is 15.1 Å². The molecular formula is C22H27F3N3O+. The molecule has 156 valence electrons. The molecule has 7 heteroatoms. The van der Waals surface area contributed by atoms with Gasteiger partial charge in [0.2, 0.25) is 0 Å². The minimum Gasteiger partial charge on any atom is -0.360 e. The Bertz CT molecular complexity index is 830. The molecule has 4 nitrogen and oxygen atoms in total. The van der Waals surface area contributed by atoms with Crippen molar-refractivity contribution in [3.63, 3.8) is 0 Å². The lowest BCUT2D eigenvalue weighted by Crippen LogP contribution is -3.16. The summed E-state index contributed by atoms with van der Waals surface area (Å²) >= 11 is 0. The molecule has 1 aliphatic heterocycles. The number of amides is 1. The van der Waals surface area contributed by atoms with Crippen molar-refractivity contribution in [3.8, 4) is 0 Å². The molecule has 0 unspecified atom stereocenters. The second kappa shape index (κ2) is 9.31. The van der Waals surface area contributed by atoms with E-state index in [0.717, 1.165) is 30.5 Å². The largest absolute Gasteiger partial charge is 0.416 e. The molecule has 1 heterocycles. The molecule has 0 bridgehead atoms. The zero-order valence-electron chi connectivity index (χ0n) is 16.6. The lowest BCUT2D eigenvalue weighted by molar-refractivity contribution is -0.892. The average molecular weight is 406 g/mol. The van der Waals surface area contributed by atoms with Crippen LogP contribution in [0, 0.1) is 6.92 Å². The van der Waals surface area contributed by atoms with Crippen LogP contribution in [0.2, 0.25) is 0 Å². The molecule has 1 saturated heterocycles. The third kappa shape index (κ3) is 5.97. The molecule has 2 aromatic rings. The highest BCUT2D eigenvalue weighted by atomic mass is 19.4. The number of nitrogens with one attached hydrogen (secondary N) is 2. The van der Waals surface area contributed by atoms with E-state index in [1.165, 1.54) is 23.3 Å². The SMILES string of the molecule is Cc1ccccc1CCNC(=O)C[NH+]1CCN(c2cccc(C(F)(F)F)c2)CC1. The average Bonchev–Trinajstić information content (AvgIpc) is 2.69. The maximum atomic E-state index is 12.9. The summed E-state index contributed by atoms with van der Waals surface area (Å²) in [5, 5.41) is 2.97. The standard InChI is InChI=1S/C22H26F3N3O/c1-17-5-2-3-6-18(17)9-10-26-21(29)16-27-11-13-28(14-12-27)20-8-4-7-19(15-20)22(23,24)25/h2-8,15H,9-14,16H2,1H3,(H,26,29)/p+1. The van der Waals surface area contributed by atoms with E-state index in [2.05, 4.69) is 24.4 Å². The third-order valence-electron chi connectivity index (χ3n) is 5.40. The number of hydrogen-bond donors (Lipinski definition) is 2. The molecule has 2 N–H and O–H groups in total. The summed E-state index contributed by atoms with van der Waals surface area (Å²) in [5.41, 5.74) is 2.41. The molecule has 1 fully saturated rings. The highest BCUT2D eigenvalue weighted by Gasteiger charge is 2.31. The van der Waals surface area contributed by atoms with Crippen molar-refractivity contribution in [3.05, 3.63) is 65.2 Å². The number of quaternary nitrogens is 1. The minimum absolute atomic E-state index is 0.0149. The summed E-state index contributed by atoms with van der Waals surface area (Å²) in [6.45, 7) is 5.77. The number of rotatable bonds is 6. The lowest BCUT2D eigenvalue weighted by atomic mass is 10.1. The molecule has 2 aromatic carbocycles. The molecule has 0 saturated carbocycles. The summed E-state index contributed by atoms with van der Waals surface area (Å²) in [5.74, 6) is 0.0149. The minimum atomic E-state index is -4.33. The Morgan fingerprint density at radius 3 is 2.52 bits per heavy atom. The van der Waals surface area contributed by atoms with Crippen molar-refractivity contribution < 1.29 is 22.9 Å². The van der Waals surface area contributed by atoms with Gasteiger partial charge in [0.15, 0.2) is 6.54 Å². The van der Waals surface area contributed by atoms with Crippen LogP contribution in [0.25, 0.3) is 0 Å². The van der Waals surface area contributed by atoms with Gasteiger partial charge in [-0.15, -0.1) is 0 Å². The van der Waals surface area contributed by atoms with E-state index >= 15 is 0 Å². The van der Waals surface area contributed by atoms with Crippen LogP contribution >= 0.6 is 0 Å². The molecule has 0 spiro atoms. The monoisotopic (exact) mass is 406 g/mol. The highest BCUT2D eigenvalue weighted by Crippen LogP contribution is 2.31. The van der Waals surface area contributed by atoms with Gasteiger partial charge in [0.05, 0.1) is 31.7 Å². The van der Waals surface area contributed by atoms with Gasteiger partial charge in [-0.1, -0.05) is 30.3 Å². The van der Waals surface area contributed by atoms with Gasteiger partial charge in [-0.3, -0.25) is 4.79 Å². The number of benzene rings is 2. The number of anilines is 1. The van der Waals surface area contributed by atoms with Gasteiger partial charge in [0.1, 0.15) is 0 Å². The van der Waals surface area contributed by atoms with E-state index in [1.54, 1.807) is 6.07 Å². The van der Waals surface area contributed by atoms with Crippen molar-refractivity contribution in [1.29, 1.82) is 0 Å². The maximum Gasteiger partial charge on any atom is 0.416 e. The van der Waals surface area contributed by atoms with Crippen molar-refractivity contribution in [2.45, 2.75) is 19.5 Å². The highest BCUT2D eigenvalue weighted by molar-refractivity contribution is 5.76. The molecule has 0 radical (unpaired) electrons. The summed E-state index contributed by atoms with van der Waals surface area (Å²) < 4.78 is 38.7. The van der Waals surface area contributed by atoms with E-state index in [4.69, 9.17) is 0 Å². The zero-order chi connectivity index (χ0) is 20.9. The normalized spacial score (nSPS) is 15.4. The van der Waals surface area contributed by atoms with Crippen LogP contribution in [-0.2, 0) is 17.4 Å². The van der Waals surface area contributed by atoms with E-state index < -0.39 is 11.7 Å². The summed E-state index contributed by atoms with van der Waals surface area (Å²) in [7, 11) is 0. The van der Waals surface area contributed by atoms with Crippen LogP contribution in [0.5, 0.6) is 0 Å². The van der Waals surface area contributed by atoms with Crippen molar-refractivity contribution in [2.24, 2.45) is 0 Å². The molecule has 29 heavy (non-hydrogen) atoms. The van der Waals surface area contributed by atoms with Gasteiger partial charge in [0, 0.05) is 12.2 Å². The summed E-state index contributed by atoms with van der Waals surface area (Å²) in [6, 6.07) is 13.6. The number of halogens is 3. The topological polar surface area (TPSA) is 36.8 Å². The number of aryl methyl sites for hydroxylation is 1. The first-order valence-electron chi connectivity index (χ1n) is 9.90. The second-order valence-electron chi connectivity index (χ2n) is 7.49. The van der Waals surface area contributed by atoms with Crippen molar-refractivity contribution in [2.75, 3.05) is 44.2 Å². The number of alkyl halides is 3. The molecular weight excluding hydrogens is 379 g/mol. The van der Waals surface area contributed by atoms with Crippen LogP contribution in [-0.4, -0.2) is 45.2 Å². The first-order valence-corrected chi connectivity index (χ1v) is 9.90. The quantitative estimate of drug-likeness (QED) is 0.771. The second-order valence-corrected chi connectivity index (χ2v) is 7.49. The number of hydrogen-bond acceptors (Lipinski definition) is 2. The fraction of sp³-hybridized carbons (Fsp3) is 0.409. The Hall–Kier alpha value is -2.54. The van der Waals surface area contributed by atoms with Gasteiger partial charge >= 0.3 is 6.18 Å². The van der Waals surface area contributed by atoms with E-state index in [0.29, 0.717) is 31.9 Å². The van der Waals surface area contributed by atoms with E-state index in [-0.39, 0.29) is 5.91 Å². The lowest BCUT2D eigenvalue weighted by Gasteiger charge is -2.33. The van der Waals surface area contributed by atoms with Gasteiger partial charge in [-0.25, -0.2) is 0 Å². The zero-order valence-corrected chi connectivity index (χ0v) is 16.6. The van der Waals surface area contributed by atoms with Crippen LogP contribution in [0.3, 0.4) is 0 Å². The van der Waals surface area contributed by atoms with E-state index in [9.17, 15) is 18.0 Å². The number of carbonyl (C=O) groups is 1. The molecule has 0 aromatic heterocycles. The predicted octanol–water partition coefficient (Wildman–Crippen LogP) is 2.08. The Balaban J connectivity index is 1.43. The molecule has 3 rings (SSSR count). The Morgan fingerprint density at radius 1 is 1.10 bits per heavy atom. The van der Waals surface area contributed by atoms with Gasteiger partial charge in [-0.05, 0) is 42.7 Å². The van der Waals surface area contributed by atoms with Crippen LogP contribution in [0.1, 0.15) is 16.7 Å². The first kappa shape index (κ1) is 21.2. The summed E-state index contributed by atoms with van der Waals surface area (Å²) in [4.78, 5) is 15.3. The Labute approximate surface area is 169 Å². The molecule has 1 amide bonds. The third-order valence-corrected chi connectivity index (χ3v) is 5.40. The van der Waals surface area contributed by atoms with E-state index in [1.807, 2.05) is 17.0 Å². The van der Waals surface area contributed by atoms with Crippen LogP contribution in [0.15, 0.2) is 48.5 Å². The number of carbonyl (C=O) groups excluding carboxylic acids is 1. The predicted molar refractivity (Wildman–Crippen MR) is 107 cm³/mol. The fourth-order valence-corrected chi connectivity index (χ4v) is 3.65. The number of piperazine rings is 1. The molecule has 1 aliphatic rings. The fourth-order valence-electron chi connectivity index (χ4n) is 3.65. The molecule has 0 atom stereocenters. The van der Waals surface area contributed by atoms with Crippen LogP contribution in [0.4, 0.5) is 18.9 Å². The van der Waals surface area contributed by atoms with Crippen molar-refractivity contribution >= 4 is 11.6 Å². The summed E-state index contributed by atoms with van der Waals surface area (Å²) in [6.07, 6.45) is -3.53. The maximum absolute atomic E-state index is 12.9. The Kier molecular flexibility index (Phi) is 6.79. The van der Waals surface area contributed by atoms with Gasteiger partial charge in [-0.2, -0.15) is 13.2 Å². The van der Waals surface area contributed by atoms with Crippen LogP contribution < -0.4 is 15.1 Å². The smallest absolute Gasteiger partial charge is 0.360 e. The first-order chi connectivity index (χ1) is 13.8. The number of nitrogens with zero attached hydrogens (tertiary/aromatic N) is 1. The van der Waals surface area contributed by atoms with Gasteiger partial charge in [0.25, 0.3) is 5.91 Å².